The fourth-order valence-electron chi connectivity index (χ4n) is 3.48. The van der Waals surface area contributed by atoms with Gasteiger partial charge in [0, 0.05) is 47.9 Å². The Kier molecular flexibility index (Phi) is 13.9. The van der Waals surface area contributed by atoms with Crippen LogP contribution >= 0.6 is 0 Å². The number of aliphatic carboxylic acids is 4. The maximum atomic E-state index is 9.84. The number of benzene rings is 1. The highest BCUT2D eigenvalue weighted by atomic mass is 16.4. The minimum Gasteiger partial charge on any atom is -0.508 e. The van der Waals surface area contributed by atoms with Crippen molar-refractivity contribution in [1.29, 1.82) is 0 Å². The molecule has 3 rings (SSSR count). The molecule has 0 atom stereocenters. The number of carboxylic acid groups (broad SMARTS) is 4. The lowest BCUT2D eigenvalue weighted by molar-refractivity contribution is -0.134. The van der Waals surface area contributed by atoms with E-state index in [1.54, 1.807) is 12.1 Å². The predicted octanol–water partition coefficient (Wildman–Crippen LogP) is 3.30. The molecule has 0 bridgehead atoms. The number of rotatable bonds is 11. The maximum absolute atomic E-state index is 9.84. The van der Waals surface area contributed by atoms with E-state index >= 15 is 0 Å². The summed E-state index contributed by atoms with van der Waals surface area (Å²) in [7, 11) is 0. The summed E-state index contributed by atoms with van der Waals surface area (Å²) in [5, 5.41) is 46.6. The van der Waals surface area contributed by atoms with Gasteiger partial charge < -0.3 is 40.7 Å². The molecule has 0 saturated heterocycles. The van der Waals surface area contributed by atoms with Crippen molar-refractivity contribution in [3.63, 3.8) is 0 Å². The molecule has 0 aliphatic carbocycles. The molecule has 0 aliphatic rings. The van der Waals surface area contributed by atoms with Crippen molar-refractivity contribution < 1.29 is 44.7 Å². The number of H-pyrrole nitrogens is 1. The van der Waals surface area contributed by atoms with E-state index in [0.717, 1.165) is 65.8 Å². The first kappa shape index (κ1) is 33.1. The topological polar surface area (TPSA) is 213 Å². The summed E-state index contributed by atoms with van der Waals surface area (Å²) in [6.45, 7) is 10.6. The lowest BCUT2D eigenvalue weighted by atomic mass is 10.1. The number of pyridine rings is 1. The van der Waals surface area contributed by atoms with Gasteiger partial charge in [-0.2, -0.15) is 0 Å². The number of phenolic OH excluding ortho intramolecular Hbond substituents is 1. The van der Waals surface area contributed by atoms with Crippen LogP contribution in [0.3, 0.4) is 0 Å². The third-order valence-corrected chi connectivity index (χ3v) is 5.38. The summed E-state index contributed by atoms with van der Waals surface area (Å²) in [6, 6.07) is 5.42. The average Bonchev–Trinajstić information content (AvgIpc) is 3.28. The van der Waals surface area contributed by atoms with E-state index in [1.807, 2.05) is 12.3 Å². The first-order valence-electron chi connectivity index (χ1n) is 12.2. The number of hydrogen-bond acceptors (Lipinski definition) is 8. The summed E-state index contributed by atoms with van der Waals surface area (Å²) in [5.74, 6) is -3.87. The molecule has 216 valence electrons. The van der Waals surface area contributed by atoms with Crippen molar-refractivity contribution in [2.24, 2.45) is 0 Å². The van der Waals surface area contributed by atoms with Gasteiger partial charge in [0.2, 0.25) is 0 Å². The number of fused-ring (bicyclic) bond motifs is 3. The number of aryl methyl sites for hydroxylation is 1. The van der Waals surface area contributed by atoms with Crippen LogP contribution in [-0.2, 0) is 19.2 Å². The Bertz CT molecular complexity index is 1310. The van der Waals surface area contributed by atoms with E-state index in [9.17, 15) is 24.3 Å². The van der Waals surface area contributed by atoms with Gasteiger partial charge in [-0.15, -0.1) is 0 Å². The molecule has 13 nitrogen and oxygen atoms in total. The monoisotopic (exact) mass is 558 g/mol. The molecule has 2 aromatic heterocycles. The number of aromatic nitrogens is 2. The molecule has 0 radical (unpaired) electrons. The number of hydrogen-bond donors (Lipinski definition) is 7. The van der Waals surface area contributed by atoms with Gasteiger partial charge in [-0.05, 0) is 56.7 Å². The second kappa shape index (κ2) is 16.8. The van der Waals surface area contributed by atoms with E-state index in [-0.39, 0.29) is 5.75 Å². The molecular formula is C27H34N4O9. The Morgan fingerprint density at radius 2 is 1.45 bits per heavy atom. The minimum atomic E-state index is -1.26. The first-order chi connectivity index (χ1) is 18.9. The smallest absolute Gasteiger partial charge is 0.328 e. The van der Waals surface area contributed by atoms with Gasteiger partial charge >= 0.3 is 23.9 Å². The van der Waals surface area contributed by atoms with Crippen LogP contribution in [0.15, 0.2) is 48.7 Å². The zero-order valence-corrected chi connectivity index (χ0v) is 22.4. The highest BCUT2D eigenvalue weighted by Gasteiger charge is 2.12. The van der Waals surface area contributed by atoms with Gasteiger partial charge in [-0.3, -0.25) is 0 Å². The molecule has 0 spiro atoms. The fraction of sp³-hybridized carbons (Fsp3) is 0.296. The number of phenols is 1. The number of anilines is 1. The van der Waals surface area contributed by atoms with Crippen LogP contribution < -0.4 is 5.32 Å². The summed E-state index contributed by atoms with van der Waals surface area (Å²) in [6.07, 6.45) is 5.20. The van der Waals surface area contributed by atoms with Crippen LogP contribution in [0.4, 0.5) is 5.82 Å². The Morgan fingerprint density at radius 3 is 1.93 bits per heavy atom. The van der Waals surface area contributed by atoms with E-state index in [4.69, 9.17) is 20.4 Å². The SMILES string of the molecule is CCN(CC)CCCNc1ncc(C)c2[nH]c3ccc(O)cc3c12.O=C(O)/C=C/C(=O)O.O=C(O)/C=C/C(=O)O. The van der Waals surface area contributed by atoms with Gasteiger partial charge in [-0.25, -0.2) is 24.2 Å². The highest BCUT2D eigenvalue weighted by molar-refractivity contribution is 6.13. The number of nitrogens with zero attached hydrogens (tertiary/aromatic N) is 2. The third-order valence-electron chi connectivity index (χ3n) is 5.38. The Hall–Kier alpha value is -4.91. The fourth-order valence-corrected chi connectivity index (χ4v) is 3.48. The molecule has 0 fully saturated rings. The molecule has 40 heavy (non-hydrogen) atoms. The summed E-state index contributed by atoms with van der Waals surface area (Å²) >= 11 is 0. The molecule has 7 N–H and O–H groups in total. The van der Waals surface area contributed by atoms with Crippen molar-refractivity contribution in [2.45, 2.75) is 27.2 Å². The standard InChI is InChI=1S/C19H26N4O.2C4H4O4/c1-4-23(5-2)10-6-9-20-19-17-15-11-14(24)7-8-16(15)22-18(17)13(3)12-21-19;2*5-3(6)1-2-4(7)8/h7-8,11-12,22,24H,4-6,9-10H2,1-3H3,(H,20,21);2*1-2H,(H,5,6)(H,7,8)/b;2*2-1+. The zero-order valence-electron chi connectivity index (χ0n) is 22.4. The Balaban J connectivity index is 0.000000412. The highest BCUT2D eigenvalue weighted by Crippen LogP contribution is 2.33. The number of nitrogens with one attached hydrogen (secondary N) is 2. The van der Waals surface area contributed by atoms with Crippen molar-refractivity contribution in [3.05, 3.63) is 54.3 Å². The normalized spacial score (nSPS) is 10.8. The van der Waals surface area contributed by atoms with Crippen LogP contribution in [0.5, 0.6) is 5.75 Å². The van der Waals surface area contributed by atoms with Crippen LogP contribution in [0.2, 0.25) is 0 Å². The van der Waals surface area contributed by atoms with Gasteiger partial charge in [0.25, 0.3) is 0 Å². The summed E-state index contributed by atoms with van der Waals surface area (Å²) in [4.78, 5) is 48.7. The molecular weight excluding hydrogens is 524 g/mol. The van der Waals surface area contributed by atoms with Crippen molar-refractivity contribution >= 4 is 51.5 Å². The third kappa shape index (κ3) is 11.6. The van der Waals surface area contributed by atoms with Crippen LogP contribution in [0.1, 0.15) is 25.8 Å². The molecule has 1 aromatic carbocycles. The van der Waals surface area contributed by atoms with E-state index < -0.39 is 23.9 Å². The molecule has 13 heteroatoms. The van der Waals surface area contributed by atoms with E-state index in [0.29, 0.717) is 24.3 Å². The first-order valence-corrected chi connectivity index (χ1v) is 12.2. The largest absolute Gasteiger partial charge is 0.508 e. The second-order valence-corrected chi connectivity index (χ2v) is 8.22. The van der Waals surface area contributed by atoms with Crippen LogP contribution in [0.25, 0.3) is 21.8 Å². The second-order valence-electron chi connectivity index (χ2n) is 8.22. The lowest BCUT2D eigenvalue weighted by Crippen LogP contribution is -2.25. The lowest BCUT2D eigenvalue weighted by Gasteiger charge is -2.18. The summed E-state index contributed by atoms with van der Waals surface area (Å²) in [5.41, 5.74) is 3.20. The van der Waals surface area contributed by atoms with Crippen molar-refractivity contribution in [2.75, 3.05) is 31.5 Å². The van der Waals surface area contributed by atoms with Crippen LogP contribution in [-0.4, -0.2) is 90.5 Å². The van der Waals surface area contributed by atoms with Gasteiger partial charge in [0.05, 0.1) is 10.9 Å². The number of carboxylic acids is 4. The van der Waals surface area contributed by atoms with Crippen molar-refractivity contribution in [3.8, 4) is 5.75 Å². The van der Waals surface area contributed by atoms with Gasteiger partial charge in [-0.1, -0.05) is 13.8 Å². The Labute approximate surface area is 230 Å². The van der Waals surface area contributed by atoms with Gasteiger partial charge in [0.15, 0.2) is 0 Å². The number of aromatic amines is 1. The van der Waals surface area contributed by atoms with Crippen LogP contribution in [0, 0.1) is 6.92 Å². The maximum Gasteiger partial charge on any atom is 0.328 e. The molecule has 0 aliphatic heterocycles. The quantitative estimate of drug-likeness (QED) is 0.133. The summed E-state index contributed by atoms with van der Waals surface area (Å²) < 4.78 is 0. The molecule has 0 unspecified atom stereocenters. The predicted molar refractivity (Wildman–Crippen MR) is 150 cm³/mol. The number of carbonyl (C=O) groups is 4. The van der Waals surface area contributed by atoms with E-state index in [2.05, 4.69) is 41.0 Å². The van der Waals surface area contributed by atoms with E-state index in [1.165, 1.54) is 0 Å². The molecule has 0 saturated carbocycles. The Morgan fingerprint density at radius 1 is 0.925 bits per heavy atom. The minimum absolute atomic E-state index is 0.275. The molecule has 3 aromatic rings. The van der Waals surface area contributed by atoms with Gasteiger partial charge in [0.1, 0.15) is 11.6 Å². The zero-order chi connectivity index (χ0) is 30.2. The number of aromatic hydroxyl groups is 1. The average molecular weight is 559 g/mol. The van der Waals surface area contributed by atoms with Crippen molar-refractivity contribution in [1.82, 2.24) is 14.9 Å². The molecule has 2 heterocycles. The molecule has 0 amide bonds.